The van der Waals surface area contributed by atoms with Crippen LogP contribution in [0.1, 0.15) is 22.7 Å². The van der Waals surface area contributed by atoms with E-state index in [2.05, 4.69) is 20.9 Å². The van der Waals surface area contributed by atoms with Gasteiger partial charge in [-0.1, -0.05) is 24.3 Å². The summed E-state index contributed by atoms with van der Waals surface area (Å²) in [5.74, 6) is 0.140. The third-order valence-corrected chi connectivity index (χ3v) is 5.26. The smallest absolute Gasteiger partial charge is 0.146 e. The molecule has 6 heteroatoms. The highest BCUT2D eigenvalue weighted by Crippen LogP contribution is 2.31. The molecule has 1 aromatic heterocycles. The summed E-state index contributed by atoms with van der Waals surface area (Å²) in [5.41, 5.74) is 2.48. The van der Waals surface area contributed by atoms with E-state index < -0.39 is 0 Å². The number of rotatable bonds is 4. The second-order valence-corrected chi connectivity index (χ2v) is 7.02. The Morgan fingerprint density at radius 2 is 1.38 bits per heavy atom. The molecule has 1 aliphatic heterocycles. The number of anilines is 1. The fourth-order valence-electron chi connectivity index (χ4n) is 3.83. The van der Waals surface area contributed by atoms with Crippen LogP contribution < -0.4 is 4.90 Å². The van der Waals surface area contributed by atoms with Crippen molar-refractivity contribution in [3.05, 3.63) is 95.2 Å². The van der Waals surface area contributed by atoms with Crippen molar-refractivity contribution < 1.29 is 8.78 Å². The van der Waals surface area contributed by atoms with Gasteiger partial charge >= 0.3 is 0 Å². The lowest BCUT2D eigenvalue weighted by Crippen LogP contribution is -2.48. The number of piperazine rings is 1. The van der Waals surface area contributed by atoms with E-state index in [1.807, 2.05) is 0 Å². The quantitative estimate of drug-likeness (QED) is 0.672. The fraction of sp³-hybridized carbons (Fsp3) is 0.217. The first-order chi connectivity index (χ1) is 14.2. The van der Waals surface area contributed by atoms with Gasteiger partial charge in [0.15, 0.2) is 0 Å². The molecule has 2 aromatic carbocycles. The van der Waals surface area contributed by atoms with Crippen LogP contribution in [0.15, 0.2) is 66.9 Å². The second-order valence-electron chi connectivity index (χ2n) is 7.02. The third kappa shape index (κ3) is 4.10. The molecule has 0 amide bonds. The number of nitriles is 1. The summed E-state index contributed by atoms with van der Waals surface area (Å²) in [6, 6.07) is 18.6. The van der Waals surface area contributed by atoms with Crippen molar-refractivity contribution in [3.8, 4) is 6.07 Å². The number of aromatic nitrogens is 1. The van der Waals surface area contributed by atoms with Gasteiger partial charge in [-0.2, -0.15) is 5.26 Å². The van der Waals surface area contributed by atoms with E-state index >= 15 is 0 Å². The van der Waals surface area contributed by atoms with Gasteiger partial charge in [-0.25, -0.2) is 13.8 Å². The van der Waals surface area contributed by atoms with Crippen molar-refractivity contribution in [1.29, 1.82) is 5.26 Å². The molecule has 4 nitrogen and oxygen atoms in total. The monoisotopic (exact) mass is 390 g/mol. The average Bonchev–Trinajstić information content (AvgIpc) is 2.77. The first-order valence-electron chi connectivity index (χ1n) is 9.51. The maximum absolute atomic E-state index is 13.5. The van der Waals surface area contributed by atoms with E-state index in [0.29, 0.717) is 24.5 Å². The molecule has 0 radical (unpaired) electrons. The first kappa shape index (κ1) is 19.0. The van der Waals surface area contributed by atoms with E-state index in [0.717, 1.165) is 24.2 Å². The molecule has 0 spiro atoms. The van der Waals surface area contributed by atoms with Gasteiger partial charge in [-0.3, -0.25) is 4.90 Å². The lowest BCUT2D eigenvalue weighted by Gasteiger charge is -2.40. The molecule has 1 aliphatic rings. The van der Waals surface area contributed by atoms with Crippen LogP contribution in [0.3, 0.4) is 0 Å². The summed E-state index contributed by atoms with van der Waals surface area (Å²) >= 11 is 0. The lowest BCUT2D eigenvalue weighted by atomic mass is 9.96. The molecular weight excluding hydrogens is 370 g/mol. The minimum absolute atomic E-state index is 0.0995. The van der Waals surface area contributed by atoms with Crippen molar-refractivity contribution in [3.63, 3.8) is 0 Å². The van der Waals surface area contributed by atoms with E-state index in [1.54, 1.807) is 42.6 Å². The zero-order chi connectivity index (χ0) is 20.2. The molecule has 146 valence electrons. The Balaban J connectivity index is 1.59. The summed E-state index contributed by atoms with van der Waals surface area (Å²) in [7, 11) is 0. The maximum Gasteiger partial charge on any atom is 0.146 e. The highest BCUT2D eigenvalue weighted by Gasteiger charge is 2.27. The number of pyridine rings is 1. The van der Waals surface area contributed by atoms with Crippen molar-refractivity contribution in [2.24, 2.45) is 0 Å². The Bertz CT molecular complexity index is 959. The number of nitrogens with zero attached hydrogens (tertiary/aromatic N) is 4. The standard InChI is InChI=1S/C23H20F2N4/c24-20-7-3-17(4-8-20)22(18-5-9-21(25)10-6-18)28-12-14-29(15-13-28)23-19(16-26)2-1-11-27-23/h1-11,22H,12-15H2. The second kappa shape index (κ2) is 8.38. The minimum Gasteiger partial charge on any atom is -0.353 e. The lowest BCUT2D eigenvalue weighted by molar-refractivity contribution is 0.212. The van der Waals surface area contributed by atoms with E-state index in [4.69, 9.17) is 0 Å². The first-order valence-corrected chi connectivity index (χ1v) is 9.51. The van der Waals surface area contributed by atoms with Gasteiger partial charge in [0, 0.05) is 32.4 Å². The normalized spacial score (nSPS) is 14.8. The molecule has 1 saturated heterocycles. The van der Waals surface area contributed by atoms with Gasteiger partial charge in [-0.05, 0) is 47.5 Å². The van der Waals surface area contributed by atoms with Gasteiger partial charge in [0.2, 0.25) is 0 Å². The SMILES string of the molecule is N#Cc1cccnc1N1CCN(C(c2ccc(F)cc2)c2ccc(F)cc2)CC1. The molecule has 0 bridgehead atoms. The molecule has 0 saturated carbocycles. The van der Waals surface area contributed by atoms with Crippen LogP contribution >= 0.6 is 0 Å². The van der Waals surface area contributed by atoms with Crippen LogP contribution in [0.4, 0.5) is 14.6 Å². The predicted octanol–water partition coefficient (Wildman–Crippen LogP) is 4.14. The third-order valence-electron chi connectivity index (χ3n) is 5.26. The molecular formula is C23H20F2N4. The van der Waals surface area contributed by atoms with Gasteiger partial charge in [0.25, 0.3) is 0 Å². The Morgan fingerprint density at radius 3 is 1.90 bits per heavy atom. The molecule has 3 aromatic rings. The molecule has 29 heavy (non-hydrogen) atoms. The summed E-state index contributed by atoms with van der Waals surface area (Å²) in [6.07, 6.45) is 1.70. The topological polar surface area (TPSA) is 43.2 Å². The Labute approximate surface area is 168 Å². The average molecular weight is 390 g/mol. The van der Waals surface area contributed by atoms with Crippen LogP contribution in [-0.4, -0.2) is 36.1 Å². The van der Waals surface area contributed by atoms with E-state index in [1.165, 1.54) is 24.3 Å². The fourth-order valence-corrected chi connectivity index (χ4v) is 3.83. The van der Waals surface area contributed by atoms with Crippen LogP contribution in [0.5, 0.6) is 0 Å². The number of halogens is 2. The molecule has 4 rings (SSSR count). The summed E-state index contributed by atoms with van der Waals surface area (Å²) in [4.78, 5) is 8.79. The maximum atomic E-state index is 13.5. The Morgan fingerprint density at radius 1 is 0.828 bits per heavy atom. The molecule has 0 atom stereocenters. The van der Waals surface area contributed by atoms with Crippen LogP contribution in [0.25, 0.3) is 0 Å². The van der Waals surface area contributed by atoms with E-state index in [-0.39, 0.29) is 17.7 Å². The number of hydrogen-bond donors (Lipinski definition) is 0. The van der Waals surface area contributed by atoms with Gasteiger partial charge in [0.05, 0.1) is 11.6 Å². The minimum atomic E-state index is -0.282. The molecule has 2 heterocycles. The highest BCUT2D eigenvalue weighted by atomic mass is 19.1. The van der Waals surface area contributed by atoms with Crippen LogP contribution in [0, 0.1) is 23.0 Å². The summed E-state index contributed by atoms with van der Waals surface area (Å²) in [5, 5.41) is 9.34. The van der Waals surface area contributed by atoms with Crippen molar-refractivity contribution in [2.45, 2.75) is 6.04 Å². The zero-order valence-corrected chi connectivity index (χ0v) is 15.8. The predicted molar refractivity (Wildman–Crippen MR) is 107 cm³/mol. The van der Waals surface area contributed by atoms with Gasteiger partial charge < -0.3 is 4.90 Å². The number of hydrogen-bond acceptors (Lipinski definition) is 4. The van der Waals surface area contributed by atoms with Crippen LogP contribution in [-0.2, 0) is 0 Å². The number of benzene rings is 2. The highest BCUT2D eigenvalue weighted by molar-refractivity contribution is 5.53. The molecule has 0 N–H and O–H groups in total. The van der Waals surface area contributed by atoms with Crippen molar-refractivity contribution >= 4 is 5.82 Å². The van der Waals surface area contributed by atoms with Crippen molar-refractivity contribution in [2.75, 3.05) is 31.1 Å². The Hall–Kier alpha value is -3.30. The Kier molecular flexibility index (Phi) is 5.50. The van der Waals surface area contributed by atoms with Crippen molar-refractivity contribution in [1.82, 2.24) is 9.88 Å². The summed E-state index contributed by atoms with van der Waals surface area (Å²) < 4.78 is 26.9. The summed E-state index contributed by atoms with van der Waals surface area (Å²) in [6.45, 7) is 2.90. The van der Waals surface area contributed by atoms with Gasteiger partial charge in [-0.15, -0.1) is 0 Å². The largest absolute Gasteiger partial charge is 0.353 e. The van der Waals surface area contributed by atoms with Gasteiger partial charge in [0.1, 0.15) is 23.5 Å². The molecule has 0 unspecified atom stereocenters. The molecule has 1 fully saturated rings. The van der Waals surface area contributed by atoms with Crippen LogP contribution in [0.2, 0.25) is 0 Å². The molecule has 0 aliphatic carbocycles. The van der Waals surface area contributed by atoms with E-state index in [9.17, 15) is 14.0 Å². The zero-order valence-electron chi connectivity index (χ0n) is 15.8.